The van der Waals surface area contributed by atoms with Gasteiger partial charge >= 0.3 is 0 Å². The van der Waals surface area contributed by atoms with Gasteiger partial charge in [0.2, 0.25) is 0 Å². The topological polar surface area (TPSA) is 56.5 Å². The van der Waals surface area contributed by atoms with Crippen LogP contribution >= 0.6 is 11.6 Å². The smallest absolute Gasteiger partial charge is 0.142 e. The molecule has 0 aromatic heterocycles. The molecule has 0 saturated heterocycles. The predicted molar refractivity (Wildman–Crippen MR) is 84.8 cm³/mol. The highest BCUT2D eigenvalue weighted by Crippen LogP contribution is 2.29. The van der Waals surface area contributed by atoms with Gasteiger partial charge in [0.1, 0.15) is 5.75 Å². The monoisotopic (exact) mass is 300 g/mol. The Morgan fingerprint density at radius 2 is 2.20 bits per heavy atom. The van der Waals surface area contributed by atoms with E-state index >= 15 is 0 Å². The molecule has 1 atom stereocenters. The zero-order chi connectivity index (χ0) is 14.8. The number of methoxy groups -OCH3 is 1. The fourth-order valence-electron chi connectivity index (χ4n) is 1.94. The van der Waals surface area contributed by atoms with Gasteiger partial charge in [-0.05, 0) is 44.0 Å². The van der Waals surface area contributed by atoms with E-state index in [1.807, 2.05) is 18.2 Å². The van der Waals surface area contributed by atoms with Crippen molar-refractivity contribution in [2.24, 2.45) is 5.73 Å². The fourth-order valence-corrected chi connectivity index (χ4v) is 2.11. The van der Waals surface area contributed by atoms with Crippen LogP contribution < -0.4 is 15.8 Å². The number of hydrogen-bond acceptors (Lipinski definition) is 4. The minimum Gasteiger partial charge on any atom is -0.491 e. The van der Waals surface area contributed by atoms with E-state index in [2.05, 4.69) is 12.2 Å². The standard InChI is InChI=1S/C15H25ClN2O2/c1-3-9-20-15-7-6-12(16)10-14(15)18-13(11-19-2)5-4-8-17/h6-7,10,13,18H,3-5,8-9,11,17H2,1-2H3. The summed E-state index contributed by atoms with van der Waals surface area (Å²) in [5.74, 6) is 0.824. The summed E-state index contributed by atoms with van der Waals surface area (Å²) in [5, 5.41) is 4.13. The van der Waals surface area contributed by atoms with Gasteiger partial charge < -0.3 is 20.5 Å². The molecular weight excluding hydrogens is 276 g/mol. The molecule has 0 saturated carbocycles. The largest absolute Gasteiger partial charge is 0.491 e. The molecule has 0 fully saturated rings. The minimum atomic E-state index is 0.200. The number of nitrogens with one attached hydrogen (secondary N) is 1. The maximum absolute atomic E-state index is 6.07. The van der Waals surface area contributed by atoms with Crippen molar-refractivity contribution in [1.29, 1.82) is 0 Å². The van der Waals surface area contributed by atoms with E-state index < -0.39 is 0 Å². The van der Waals surface area contributed by atoms with Gasteiger partial charge in [-0.1, -0.05) is 18.5 Å². The van der Waals surface area contributed by atoms with Crippen LogP contribution in [-0.4, -0.2) is 32.9 Å². The molecule has 0 heterocycles. The predicted octanol–water partition coefficient (Wildman–Crippen LogP) is 3.29. The van der Waals surface area contributed by atoms with E-state index in [-0.39, 0.29) is 6.04 Å². The molecule has 5 heteroatoms. The third-order valence-electron chi connectivity index (χ3n) is 2.89. The number of halogens is 1. The molecule has 4 nitrogen and oxygen atoms in total. The zero-order valence-electron chi connectivity index (χ0n) is 12.3. The highest BCUT2D eigenvalue weighted by molar-refractivity contribution is 6.30. The van der Waals surface area contributed by atoms with Crippen LogP contribution in [0.4, 0.5) is 5.69 Å². The zero-order valence-corrected chi connectivity index (χ0v) is 13.1. The Labute approximate surface area is 126 Å². The average molecular weight is 301 g/mol. The Balaban J connectivity index is 2.77. The number of hydrogen-bond donors (Lipinski definition) is 2. The summed E-state index contributed by atoms with van der Waals surface area (Å²) in [7, 11) is 1.70. The second-order valence-corrected chi connectivity index (χ2v) is 5.15. The summed E-state index contributed by atoms with van der Waals surface area (Å²) in [5.41, 5.74) is 6.48. The first-order valence-corrected chi connectivity index (χ1v) is 7.47. The molecular formula is C15H25ClN2O2. The van der Waals surface area contributed by atoms with Crippen molar-refractivity contribution in [3.8, 4) is 5.75 Å². The first kappa shape index (κ1) is 17.1. The first-order valence-electron chi connectivity index (χ1n) is 7.09. The van der Waals surface area contributed by atoms with Gasteiger partial charge in [-0.3, -0.25) is 0 Å². The molecule has 0 bridgehead atoms. The Morgan fingerprint density at radius 3 is 2.85 bits per heavy atom. The van der Waals surface area contributed by atoms with E-state index in [1.165, 1.54) is 0 Å². The van der Waals surface area contributed by atoms with E-state index in [0.29, 0.717) is 24.8 Å². The summed E-state index contributed by atoms with van der Waals surface area (Å²) < 4.78 is 11.0. The quantitative estimate of drug-likeness (QED) is 0.696. The molecule has 0 radical (unpaired) electrons. The molecule has 1 aromatic rings. The van der Waals surface area contributed by atoms with Crippen LogP contribution in [0.3, 0.4) is 0 Å². The third kappa shape index (κ3) is 5.99. The number of anilines is 1. The van der Waals surface area contributed by atoms with Crippen molar-refractivity contribution in [2.75, 3.05) is 32.2 Å². The molecule has 1 rings (SSSR count). The van der Waals surface area contributed by atoms with Crippen molar-refractivity contribution in [1.82, 2.24) is 0 Å². The van der Waals surface area contributed by atoms with E-state index in [1.54, 1.807) is 7.11 Å². The number of ether oxygens (including phenoxy) is 2. The van der Waals surface area contributed by atoms with Crippen molar-refractivity contribution in [2.45, 2.75) is 32.2 Å². The van der Waals surface area contributed by atoms with Crippen LogP contribution in [0, 0.1) is 0 Å². The van der Waals surface area contributed by atoms with Gasteiger partial charge in [0, 0.05) is 18.2 Å². The summed E-state index contributed by atoms with van der Waals surface area (Å²) in [4.78, 5) is 0. The molecule has 1 aromatic carbocycles. The second kappa shape index (κ2) is 9.86. The van der Waals surface area contributed by atoms with Crippen LogP contribution in [-0.2, 0) is 4.74 Å². The van der Waals surface area contributed by atoms with Gasteiger partial charge in [0.25, 0.3) is 0 Å². The summed E-state index contributed by atoms with van der Waals surface area (Å²) in [6.07, 6.45) is 2.87. The van der Waals surface area contributed by atoms with Gasteiger partial charge in [-0.25, -0.2) is 0 Å². The van der Waals surface area contributed by atoms with Crippen molar-refractivity contribution < 1.29 is 9.47 Å². The van der Waals surface area contributed by atoms with E-state index in [4.69, 9.17) is 26.8 Å². The van der Waals surface area contributed by atoms with Crippen molar-refractivity contribution in [3.05, 3.63) is 23.2 Å². The van der Waals surface area contributed by atoms with Crippen LogP contribution in [0.25, 0.3) is 0 Å². The second-order valence-electron chi connectivity index (χ2n) is 4.72. The number of rotatable bonds is 10. The highest BCUT2D eigenvalue weighted by atomic mass is 35.5. The van der Waals surface area contributed by atoms with Crippen LogP contribution in [0.2, 0.25) is 5.02 Å². The van der Waals surface area contributed by atoms with Crippen LogP contribution in [0.1, 0.15) is 26.2 Å². The summed E-state index contributed by atoms with van der Waals surface area (Å²) in [6, 6.07) is 5.82. The normalized spacial score (nSPS) is 12.2. The number of benzene rings is 1. The lowest BCUT2D eigenvalue weighted by Gasteiger charge is -2.21. The molecule has 0 aliphatic rings. The summed E-state index contributed by atoms with van der Waals surface area (Å²) in [6.45, 7) is 4.07. The van der Waals surface area contributed by atoms with Crippen molar-refractivity contribution in [3.63, 3.8) is 0 Å². The molecule has 0 aliphatic carbocycles. The molecule has 0 spiro atoms. The lowest BCUT2D eigenvalue weighted by molar-refractivity contribution is 0.182. The maximum Gasteiger partial charge on any atom is 0.142 e. The third-order valence-corrected chi connectivity index (χ3v) is 3.12. The molecule has 20 heavy (non-hydrogen) atoms. The van der Waals surface area contributed by atoms with Gasteiger partial charge in [-0.15, -0.1) is 0 Å². The number of nitrogens with two attached hydrogens (primary N) is 1. The molecule has 0 aliphatic heterocycles. The lowest BCUT2D eigenvalue weighted by Crippen LogP contribution is -2.26. The van der Waals surface area contributed by atoms with E-state index in [0.717, 1.165) is 30.7 Å². The van der Waals surface area contributed by atoms with E-state index in [9.17, 15) is 0 Å². The fraction of sp³-hybridized carbons (Fsp3) is 0.600. The van der Waals surface area contributed by atoms with Crippen LogP contribution in [0.15, 0.2) is 18.2 Å². The SMILES string of the molecule is CCCOc1ccc(Cl)cc1NC(CCCN)COC. The minimum absolute atomic E-state index is 0.200. The molecule has 3 N–H and O–H groups in total. The highest BCUT2D eigenvalue weighted by Gasteiger charge is 2.12. The molecule has 0 amide bonds. The Hall–Kier alpha value is -0.970. The lowest BCUT2D eigenvalue weighted by atomic mass is 10.1. The molecule has 1 unspecified atom stereocenters. The van der Waals surface area contributed by atoms with Gasteiger partial charge in [0.05, 0.1) is 18.9 Å². The Kier molecular flexibility index (Phi) is 8.42. The molecule has 114 valence electrons. The van der Waals surface area contributed by atoms with Crippen LogP contribution in [0.5, 0.6) is 5.75 Å². The average Bonchev–Trinajstić information content (AvgIpc) is 2.44. The van der Waals surface area contributed by atoms with Gasteiger partial charge in [0.15, 0.2) is 0 Å². The Morgan fingerprint density at radius 1 is 1.40 bits per heavy atom. The first-order chi connectivity index (χ1) is 9.71. The maximum atomic E-state index is 6.07. The van der Waals surface area contributed by atoms with Gasteiger partial charge in [-0.2, -0.15) is 0 Å². The summed E-state index contributed by atoms with van der Waals surface area (Å²) >= 11 is 6.07. The Bertz CT molecular complexity index is 388. The van der Waals surface area contributed by atoms with Crippen molar-refractivity contribution >= 4 is 17.3 Å².